The Morgan fingerprint density at radius 1 is 0.689 bits per heavy atom. The summed E-state index contributed by atoms with van der Waals surface area (Å²) >= 11 is 0. The van der Waals surface area contributed by atoms with Crippen molar-refractivity contribution in [2.75, 3.05) is 28.4 Å². The number of hydrogen-bond donors (Lipinski definition) is 3. The van der Waals surface area contributed by atoms with Gasteiger partial charge in [0.15, 0.2) is 25.2 Å². The Kier molecular flexibility index (Phi) is 16.9. The number of carbonyl (C=O) groups excluding carboxylic acids is 2. The van der Waals surface area contributed by atoms with Crippen LogP contribution in [0.4, 0.5) is 0 Å². The van der Waals surface area contributed by atoms with Gasteiger partial charge in [0, 0.05) is 83.8 Å². The van der Waals surface area contributed by atoms with Gasteiger partial charge in [0.2, 0.25) is 0 Å². The zero-order chi connectivity index (χ0) is 53.1. The summed E-state index contributed by atoms with van der Waals surface area (Å²) in [5.74, 6) is -1.73. The summed E-state index contributed by atoms with van der Waals surface area (Å²) in [6, 6.07) is 3.30. The number of ether oxygens (including phenoxy) is 13. The zero-order valence-corrected chi connectivity index (χ0v) is 45.1. The van der Waals surface area contributed by atoms with Gasteiger partial charge < -0.3 is 76.9 Å². The van der Waals surface area contributed by atoms with Gasteiger partial charge in [-0.1, -0.05) is 25.5 Å². The molecule has 0 radical (unpaired) electrons. The highest BCUT2D eigenvalue weighted by molar-refractivity contribution is 5.89. The number of aliphatic hydroxyl groups excluding tert-OH is 1. The molecule has 0 amide bonds. The molecule has 0 unspecified atom stereocenters. The molecule has 4 aliphatic heterocycles. The van der Waals surface area contributed by atoms with E-state index in [2.05, 4.69) is 18.0 Å². The lowest BCUT2D eigenvalue weighted by molar-refractivity contribution is -0.347. The van der Waals surface area contributed by atoms with E-state index in [1.54, 1.807) is 53.7 Å². The summed E-state index contributed by atoms with van der Waals surface area (Å²) in [4.78, 5) is 31.0. The monoisotopic (exact) mass is 1050 g/mol. The number of esters is 1. The molecule has 8 aliphatic rings. The number of ketones is 1. The van der Waals surface area contributed by atoms with E-state index in [1.807, 2.05) is 27.7 Å². The first-order valence-electron chi connectivity index (χ1n) is 27.0. The number of carbonyl (C=O) groups is 2. The molecule has 24 atom stereocenters. The molecule has 416 valence electrons. The molecule has 0 bridgehead atoms. The first-order valence-corrected chi connectivity index (χ1v) is 27.0. The lowest BCUT2D eigenvalue weighted by Crippen LogP contribution is -2.75. The fourth-order valence-electron chi connectivity index (χ4n) is 14.8. The van der Waals surface area contributed by atoms with Gasteiger partial charge in [-0.15, -0.1) is 0 Å². The number of nitrogens with zero attached hydrogens (tertiary/aromatic N) is 1. The van der Waals surface area contributed by atoms with Gasteiger partial charge in [-0.05, 0) is 97.1 Å². The maximum atomic E-state index is 13.7. The molecule has 3 saturated carbocycles. The second-order valence-corrected chi connectivity index (χ2v) is 23.0. The molecule has 19 nitrogen and oxygen atoms in total. The minimum Gasteiger partial charge on any atom is -0.458 e. The van der Waals surface area contributed by atoms with Crippen molar-refractivity contribution in [3.05, 3.63) is 41.7 Å². The molecule has 0 spiro atoms. The molecule has 7 fully saturated rings. The molecule has 1 aromatic heterocycles. The van der Waals surface area contributed by atoms with E-state index in [9.17, 15) is 24.9 Å². The first-order chi connectivity index (χ1) is 35.2. The van der Waals surface area contributed by atoms with Crippen LogP contribution >= 0.6 is 0 Å². The first kappa shape index (κ1) is 56.2. The van der Waals surface area contributed by atoms with E-state index in [1.165, 1.54) is 13.1 Å². The highest BCUT2D eigenvalue weighted by Crippen LogP contribution is 2.70. The number of methoxy groups -OCH3 is 4. The van der Waals surface area contributed by atoms with E-state index >= 15 is 0 Å². The zero-order valence-electron chi connectivity index (χ0n) is 45.1. The minimum atomic E-state index is -1.69. The normalized spacial score (nSPS) is 48.4. The third-order valence-electron chi connectivity index (χ3n) is 19.0. The van der Waals surface area contributed by atoms with E-state index in [-0.39, 0.29) is 48.9 Å². The number of rotatable bonds is 15. The Morgan fingerprint density at radius 3 is 1.70 bits per heavy atom. The quantitative estimate of drug-likeness (QED) is 0.153. The largest absolute Gasteiger partial charge is 0.458 e. The predicted octanol–water partition coefficient (Wildman–Crippen LogP) is 5.12. The Bertz CT molecular complexity index is 2140. The van der Waals surface area contributed by atoms with Crippen molar-refractivity contribution < 1.29 is 86.5 Å². The third kappa shape index (κ3) is 10.1. The van der Waals surface area contributed by atoms with Crippen LogP contribution in [0.2, 0.25) is 0 Å². The molecule has 19 heteroatoms. The third-order valence-corrected chi connectivity index (χ3v) is 19.0. The molecule has 4 saturated heterocycles. The molecule has 5 heterocycles. The van der Waals surface area contributed by atoms with Crippen LogP contribution in [0.25, 0.3) is 0 Å². The highest BCUT2D eigenvalue weighted by Gasteiger charge is 2.77. The number of fused-ring (bicyclic) bond motifs is 5. The Labute approximate surface area is 435 Å². The minimum absolute atomic E-state index is 0.0946. The molecule has 74 heavy (non-hydrogen) atoms. The Balaban J connectivity index is 0.803. The number of pyridine rings is 1. The molecule has 3 N–H and O–H groups in total. The van der Waals surface area contributed by atoms with Gasteiger partial charge in [-0.2, -0.15) is 0 Å². The van der Waals surface area contributed by atoms with E-state index < -0.39 is 132 Å². The van der Waals surface area contributed by atoms with Crippen molar-refractivity contribution in [2.45, 2.75) is 241 Å². The van der Waals surface area contributed by atoms with Gasteiger partial charge in [-0.25, -0.2) is 4.79 Å². The number of aliphatic hydroxyl groups is 3. The van der Waals surface area contributed by atoms with Crippen molar-refractivity contribution in [1.82, 2.24) is 4.98 Å². The maximum absolute atomic E-state index is 13.7. The van der Waals surface area contributed by atoms with Crippen LogP contribution in [0.15, 0.2) is 36.2 Å². The van der Waals surface area contributed by atoms with E-state index in [0.29, 0.717) is 51.4 Å². The highest BCUT2D eigenvalue weighted by atomic mass is 16.8. The van der Waals surface area contributed by atoms with E-state index in [0.717, 1.165) is 5.57 Å². The van der Waals surface area contributed by atoms with Crippen molar-refractivity contribution >= 4 is 11.8 Å². The van der Waals surface area contributed by atoms with Gasteiger partial charge in [0.25, 0.3) is 0 Å². The summed E-state index contributed by atoms with van der Waals surface area (Å²) in [6.45, 7) is 13.1. The second-order valence-electron chi connectivity index (χ2n) is 23.0. The average molecular weight is 1050 g/mol. The fraction of sp³-hybridized carbons (Fsp3) is 0.836. The Morgan fingerprint density at radius 2 is 1.20 bits per heavy atom. The summed E-state index contributed by atoms with van der Waals surface area (Å²) in [7, 11) is 6.51. The van der Waals surface area contributed by atoms with Gasteiger partial charge >= 0.3 is 5.97 Å². The molecule has 9 rings (SSSR count). The van der Waals surface area contributed by atoms with Crippen molar-refractivity contribution in [3.63, 3.8) is 0 Å². The molecular weight excluding hydrogens is 963 g/mol. The van der Waals surface area contributed by atoms with Crippen LogP contribution in [0, 0.1) is 22.7 Å². The standard InChI is InChI=1S/C55H83NO18/c1-28(57)36-16-19-55(61)53(36,7)42(71-51(59)33-13-12-20-56-27-33)26-41-52(6)17-15-35(21-34(52)14-18-54(41,55)60)70-43-23-38(63-9)48(30(3)67-43)73-45-25-40(65-11)50(32(5)69-45)74-46-24-39(64-10)49(31(4)68-46)72-44-22-37(62-8)47(58)29(2)66-44/h12-14,20,27,29-32,35-50,58,60-61H,15-19,21-26H2,1-11H3/t29-,30-,31-,32-,35+,36+,37-,38+,39-,40-,41-,42-,43+,44+,45+,46+,47-,48-,49-,50-,52+,53+,54+,55-/m1/s1. The van der Waals surface area contributed by atoms with Crippen LogP contribution in [0.1, 0.15) is 129 Å². The lowest BCUT2D eigenvalue weighted by atomic mass is 9.43. The van der Waals surface area contributed by atoms with Crippen LogP contribution in [-0.4, -0.2) is 182 Å². The predicted molar refractivity (Wildman–Crippen MR) is 262 cm³/mol. The molecule has 1 aromatic rings. The summed E-state index contributed by atoms with van der Waals surface area (Å²) in [6.07, 6.45) is 0.691. The molecular formula is C55H83NO18. The van der Waals surface area contributed by atoms with Crippen molar-refractivity contribution in [3.8, 4) is 0 Å². The van der Waals surface area contributed by atoms with E-state index in [4.69, 9.17) is 61.6 Å². The lowest BCUT2D eigenvalue weighted by Gasteiger charge is -2.66. The number of aromatic nitrogens is 1. The number of hydrogen-bond acceptors (Lipinski definition) is 19. The van der Waals surface area contributed by atoms with Crippen LogP contribution < -0.4 is 0 Å². The molecule has 0 aromatic carbocycles. The van der Waals surface area contributed by atoms with Crippen molar-refractivity contribution in [1.29, 1.82) is 0 Å². The van der Waals surface area contributed by atoms with Gasteiger partial charge in [0.05, 0.1) is 60.5 Å². The fourth-order valence-corrected chi connectivity index (χ4v) is 14.8. The summed E-state index contributed by atoms with van der Waals surface area (Å²) < 4.78 is 81.7. The second kappa shape index (κ2) is 22.3. The van der Waals surface area contributed by atoms with Crippen molar-refractivity contribution in [2.24, 2.45) is 22.7 Å². The summed E-state index contributed by atoms with van der Waals surface area (Å²) in [5, 5.41) is 36.3. The van der Waals surface area contributed by atoms with Gasteiger partial charge in [-0.3, -0.25) is 9.78 Å². The average Bonchev–Trinajstić information content (AvgIpc) is 3.77. The maximum Gasteiger partial charge on any atom is 0.339 e. The van der Waals surface area contributed by atoms with Crippen LogP contribution in [-0.2, 0) is 66.4 Å². The van der Waals surface area contributed by atoms with Gasteiger partial charge in [0.1, 0.15) is 47.5 Å². The van der Waals surface area contributed by atoms with Crippen LogP contribution in [0.3, 0.4) is 0 Å². The Hall–Kier alpha value is -2.57. The molecule has 4 aliphatic carbocycles. The topological polar surface area (TPSA) is 228 Å². The SMILES string of the molecule is CO[C@H]1C[C@H](O[C@H]2CC[C@@]3(C)C(=CC[C@]4(O)[C@@H]3C[C@@H](OC(=O)c3cccnc3)[C@]3(C)[C@H](C(C)=O)CC[C@@]34O)C2)O[C@H](C)[C@H]1O[C@H]1C[C@@H](OC)[C@H](O[C@H]2C[C@@H](OC)[C@H](O[C@H]3C[C@@H](OC)[C@H](O)[C@@H](C)O3)[C@@H](C)O2)[C@@H](C)O1. The smallest absolute Gasteiger partial charge is 0.339 e. The summed E-state index contributed by atoms with van der Waals surface area (Å²) in [5.41, 5.74) is -3.60. The number of Topliss-reactive ketones (excluding diaryl/α,β-unsaturated/α-hetero) is 1. The van der Waals surface area contributed by atoms with Crippen LogP contribution in [0.5, 0.6) is 0 Å².